The predicted molar refractivity (Wildman–Crippen MR) is 104 cm³/mol. The minimum Gasteiger partial charge on any atom is -0.493 e. The molecule has 6 nitrogen and oxygen atoms in total. The van der Waals surface area contributed by atoms with E-state index in [1.54, 1.807) is 0 Å². The van der Waals surface area contributed by atoms with E-state index in [0.717, 1.165) is 65.4 Å². The van der Waals surface area contributed by atoms with Crippen LogP contribution < -0.4 is 4.74 Å². The van der Waals surface area contributed by atoms with Crippen LogP contribution in [0.5, 0.6) is 5.75 Å². The van der Waals surface area contributed by atoms with E-state index in [9.17, 15) is 4.79 Å². The molecular formula is C21H31N3O3. The Hall–Kier alpha value is -1.63. The molecule has 148 valence electrons. The molecule has 3 aliphatic rings. The van der Waals surface area contributed by atoms with E-state index < -0.39 is 0 Å². The number of benzene rings is 1. The van der Waals surface area contributed by atoms with Crippen LogP contribution in [-0.2, 0) is 4.74 Å². The third-order valence-electron chi connectivity index (χ3n) is 6.14. The predicted octanol–water partition coefficient (Wildman–Crippen LogP) is 1.56. The Kier molecular flexibility index (Phi) is 5.95. The maximum absolute atomic E-state index is 13.2. The number of carbonyl (C=O) groups excluding carboxylic acids is 1. The molecule has 0 unspecified atom stereocenters. The topological polar surface area (TPSA) is 45.2 Å². The van der Waals surface area contributed by atoms with Crippen LogP contribution in [-0.4, -0.2) is 92.3 Å². The molecule has 3 saturated heterocycles. The summed E-state index contributed by atoms with van der Waals surface area (Å²) in [7, 11) is 0. The van der Waals surface area contributed by atoms with Crippen molar-refractivity contribution >= 4 is 5.91 Å². The molecule has 0 radical (unpaired) electrons. The van der Waals surface area contributed by atoms with Gasteiger partial charge in [0.2, 0.25) is 0 Å². The van der Waals surface area contributed by atoms with Gasteiger partial charge in [-0.2, -0.15) is 0 Å². The zero-order chi connectivity index (χ0) is 18.6. The first-order chi connectivity index (χ1) is 13.3. The maximum atomic E-state index is 13.2. The van der Waals surface area contributed by atoms with Gasteiger partial charge in [0.25, 0.3) is 5.91 Å². The highest BCUT2D eigenvalue weighted by Gasteiger charge is 2.43. The largest absolute Gasteiger partial charge is 0.493 e. The fourth-order valence-electron chi connectivity index (χ4n) is 4.67. The molecule has 3 heterocycles. The fraction of sp³-hybridized carbons (Fsp3) is 0.667. The Morgan fingerprint density at radius 2 is 1.89 bits per heavy atom. The van der Waals surface area contributed by atoms with Gasteiger partial charge in [-0.25, -0.2) is 0 Å². The highest BCUT2D eigenvalue weighted by Crippen LogP contribution is 2.33. The first-order valence-electron chi connectivity index (χ1n) is 10.3. The number of hydrogen-bond acceptors (Lipinski definition) is 5. The molecule has 27 heavy (non-hydrogen) atoms. The van der Waals surface area contributed by atoms with Crippen LogP contribution in [0.1, 0.15) is 23.7 Å². The second kappa shape index (κ2) is 8.59. The van der Waals surface area contributed by atoms with Crippen LogP contribution in [0.2, 0.25) is 0 Å². The zero-order valence-corrected chi connectivity index (χ0v) is 16.3. The van der Waals surface area contributed by atoms with Crippen molar-refractivity contribution in [3.05, 3.63) is 29.8 Å². The van der Waals surface area contributed by atoms with E-state index in [1.807, 2.05) is 31.2 Å². The van der Waals surface area contributed by atoms with Crippen LogP contribution in [0.15, 0.2) is 24.3 Å². The number of nitrogens with zero attached hydrogens (tertiary/aromatic N) is 3. The number of ether oxygens (including phenoxy) is 2. The van der Waals surface area contributed by atoms with Crippen molar-refractivity contribution in [1.29, 1.82) is 0 Å². The molecule has 0 saturated carbocycles. The fourth-order valence-corrected chi connectivity index (χ4v) is 4.67. The summed E-state index contributed by atoms with van der Waals surface area (Å²) in [5.41, 5.74) is 0.701. The van der Waals surface area contributed by atoms with E-state index in [0.29, 0.717) is 29.9 Å². The Labute approximate surface area is 162 Å². The van der Waals surface area contributed by atoms with Crippen molar-refractivity contribution in [2.45, 2.75) is 19.4 Å². The normalized spacial score (nSPS) is 26.3. The number of hydrogen-bond donors (Lipinski definition) is 0. The summed E-state index contributed by atoms with van der Waals surface area (Å²) in [4.78, 5) is 20.3. The molecule has 6 heteroatoms. The molecule has 1 amide bonds. The van der Waals surface area contributed by atoms with E-state index >= 15 is 0 Å². The summed E-state index contributed by atoms with van der Waals surface area (Å²) < 4.78 is 11.1. The van der Waals surface area contributed by atoms with Gasteiger partial charge in [0, 0.05) is 51.9 Å². The number of carbonyl (C=O) groups is 1. The third-order valence-corrected chi connectivity index (χ3v) is 6.14. The zero-order valence-electron chi connectivity index (χ0n) is 16.3. The van der Waals surface area contributed by atoms with Gasteiger partial charge in [-0.15, -0.1) is 0 Å². The van der Waals surface area contributed by atoms with Crippen LogP contribution >= 0.6 is 0 Å². The molecule has 3 aliphatic heterocycles. The quantitative estimate of drug-likeness (QED) is 0.757. The van der Waals surface area contributed by atoms with Gasteiger partial charge < -0.3 is 14.4 Å². The summed E-state index contributed by atoms with van der Waals surface area (Å²) in [6, 6.07) is 7.99. The van der Waals surface area contributed by atoms with Gasteiger partial charge in [-0.3, -0.25) is 14.6 Å². The molecule has 1 aromatic carbocycles. The molecule has 0 N–H and O–H groups in total. The number of morpholine rings is 1. The average molecular weight is 373 g/mol. The first-order valence-corrected chi connectivity index (χ1v) is 10.3. The minimum atomic E-state index is 0.126. The van der Waals surface area contributed by atoms with Crippen LogP contribution in [0.4, 0.5) is 0 Å². The summed E-state index contributed by atoms with van der Waals surface area (Å²) in [5.74, 6) is 1.44. The van der Waals surface area contributed by atoms with Gasteiger partial charge in [-0.1, -0.05) is 12.1 Å². The van der Waals surface area contributed by atoms with Crippen LogP contribution in [0, 0.1) is 5.92 Å². The van der Waals surface area contributed by atoms with Crippen molar-refractivity contribution in [1.82, 2.24) is 14.7 Å². The van der Waals surface area contributed by atoms with Gasteiger partial charge in [-0.05, 0) is 31.4 Å². The Balaban J connectivity index is 1.36. The molecule has 2 atom stereocenters. The van der Waals surface area contributed by atoms with Crippen molar-refractivity contribution < 1.29 is 14.3 Å². The molecule has 3 fully saturated rings. The van der Waals surface area contributed by atoms with Crippen molar-refractivity contribution in [3.63, 3.8) is 0 Å². The molecule has 1 aromatic rings. The lowest BCUT2D eigenvalue weighted by atomic mass is 10.0. The lowest BCUT2D eigenvalue weighted by Gasteiger charge is -2.29. The second-order valence-electron chi connectivity index (χ2n) is 7.76. The molecule has 0 aliphatic carbocycles. The van der Waals surface area contributed by atoms with Crippen LogP contribution in [0.25, 0.3) is 0 Å². The highest BCUT2D eigenvalue weighted by molar-refractivity contribution is 5.97. The molecule has 0 spiro atoms. The summed E-state index contributed by atoms with van der Waals surface area (Å²) >= 11 is 0. The first kappa shape index (κ1) is 18.7. The molecule has 4 rings (SSSR count). The Morgan fingerprint density at radius 3 is 2.70 bits per heavy atom. The number of likely N-dealkylation sites (tertiary alicyclic amines) is 2. The van der Waals surface area contributed by atoms with Crippen molar-refractivity contribution in [3.8, 4) is 5.75 Å². The molecule has 0 aromatic heterocycles. The Morgan fingerprint density at radius 1 is 1.11 bits per heavy atom. The number of amides is 1. The van der Waals surface area contributed by atoms with Crippen molar-refractivity contribution in [2.75, 3.05) is 65.6 Å². The number of fused-ring (bicyclic) bond motifs is 1. The van der Waals surface area contributed by atoms with E-state index in [-0.39, 0.29) is 5.91 Å². The van der Waals surface area contributed by atoms with Crippen molar-refractivity contribution in [2.24, 2.45) is 5.92 Å². The SMILES string of the molecule is CCOc1ccccc1C(=O)N1CC[C@@H]2CN(CCN3CCOCC3)C[C@@H]21. The maximum Gasteiger partial charge on any atom is 0.257 e. The standard InChI is InChI=1S/C21H31N3O3/c1-2-27-20-6-4-3-5-18(20)21(25)24-8-7-17-15-23(16-19(17)24)10-9-22-11-13-26-14-12-22/h3-6,17,19H,2,7-16H2,1H3/t17-,19+/m1/s1. The van der Waals surface area contributed by atoms with Gasteiger partial charge in [0.15, 0.2) is 0 Å². The minimum absolute atomic E-state index is 0.126. The van der Waals surface area contributed by atoms with Gasteiger partial charge in [0.05, 0.1) is 25.4 Å². The van der Waals surface area contributed by atoms with E-state index in [1.165, 1.54) is 0 Å². The second-order valence-corrected chi connectivity index (χ2v) is 7.76. The smallest absolute Gasteiger partial charge is 0.257 e. The number of para-hydroxylation sites is 1. The Bertz CT molecular complexity index is 647. The van der Waals surface area contributed by atoms with Crippen LogP contribution in [0.3, 0.4) is 0 Å². The highest BCUT2D eigenvalue weighted by atomic mass is 16.5. The van der Waals surface area contributed by atoms with Gasteiger partial charge in [0.1, 0.15) is 5.75 Å². The molecular weight excluding hydrogens is 342 g/mol. The number of rotatable bonds is 6. The van der Waals surface area contributed by atoms with E-state index in [4.69, 9.17) is 9.47 Å². The summed E-state index contributed by atoms with van der Waals surface area (Å²) in [5, 5.41) is 0. The average Bonchev–Trinajstić information content (AvgIpc) is 3.28. The van der Waals surface area contributed by atoms with Gasteiger partial charge >= 0.3 is 0 Å². The lowest BCUT2D eigenvalue weighted by Crippen LogP contribution is -2.43. The third kappa shape index (κ3) is 4.13. The lowest BCUT2D eigenvalue weighted by molar-refractivity contribution is 0.0338. The monoisotopic (exact) mass is 373 g/mol. The summed E-state index contributed by atoms with van der Waals surface area (Å²) in [6.45, 7) is 11.5. The molecule has 0 bridgehead atoms. The van der Waals surface area contributed by atoms with E-state index in [2.05, 4.69) is 14.7 Å². The summed E-state index contributed by atoms with van der Waals surface area (Å²) in [6.07, 6.45) is 1.11.